The fourth-order valence-electron chi connectivity index (χ4n) is 1.97. The molecule has 0 radical (unpaired) electrons. The van der Waals surface area contributed by atoms with Gasteiger partial charge in [-0.1, -0.05) is 35.9 Å². The van der Waals surface area contributed by atoms with Crippen LogP contribution in [0.5, 0.6) is 0 Å². The molecule has 0 saturated heterocycles. The minimum Gasteiger partial charge on any atom is -0.219 e. The number of nitrogens with zero attached hydrogens (tertiary/aromatic N) is 3. The van der Waals surface area contributed by atoms with E-state index in [1.165, 1.54) is 11.1 Å². The molecule has 0 saturated carbocycles. The summed E-state index contributed by atoms with van der Waals surface area (Å²) >= 11 is 6.08. The van der Waals surface area contributed by atoms with Gasteiger partial charge in [-0.25, -0.2) is 9.50 Å². The molecule has 2 heterocycles. The second-order valence-electron chi connectivity index (χ2n) is 4.26. The SMILES string of the molecule is Cc1ccccc1Cc1nc2c(Cl)cccn2n1. The number of rotatable bonds is 2. The molecule has 90 valence electrons. The highest BCUT2D eigenvalue weighted by Crippen LogP contribution is 2.16. The van der Waals surface area contributed by atoms with Crippen molar-refractivity contribution in [3.63, 3.8) is 0 Å². The van der Waals surface area contributed by atoms with Gasteiger partial charge in [0.25, 0.3) is 0 Å². The van der Waals surface area contributed by atoms with Gasteiger partial charge in [-0.2, -0.15) is 5.10 Å². The predicted molar refractivity (Wildman–Crippen MR) is 72.0 cm³/mol. The zero-order chi connectivity index (χ0) is 12.5. The lowest BCUT2D eigenvalue weighted by Gasteiger charge is -2.01. The Morgan fingerprint density at radius 3 is 2.78 bits per heavy atom. The van der Waals surface area contributed by atoms with E-state index in [-0.39, 0.29) is 0 Å². The highest BCUT2D eigenvalue weighted by atomic mass is 35.5. The minimum atomic E-state index is 0.626. The summed E-state index contributed by atoms with van der Waals surface area (Å²) in [6.07, 6.45) is 2.58. The number of pyridine rings is 1. The fraction of sp³-hybridized carbons (Fsp3) is 0.143. The molecule has 0 bridgehead atoms. The number of hydrogen-bond acceptors (Lipinski definition) is 2. The molecule has 0 spiro atoms. The molecule has 3 nitrogen and oxygen atoms in total. The monoisotopic (exact) mass is 257 g/mol. The van der Waals surface area contributed by atoms with E-state index in [1.807, 2.05) is 30.5 Å². The molecule has 0 atom stereocenters. The number of hydrogen-bond donors (Lipinski definition) is 0. The standard InChI is InChI=1S/C14H12ClN3/c1-10-5-2-3-6-11(10)9-13-16-14-12(15)7-4-8-18(14)17-13/h2-8H,9H2,1H3. The largest absolute Gasteiger partial charge is 0.219 e. The van der Waals surface area contributed by atoms with Crippen LogP contribution in [0.2, 0.25) is 5.02 Å². The molecule has 0 aliphatic carbocycles. The normalized spacial score (nSPS) is 11.0. The van der Waals surface area contributed by atoms with Crippen molar-refractivity contribution < 1.29 is 0 Å². The topological polar surface area (TPSA) is 30.2 Å². The van der Waals surface area contributed by atoms with Crippen molar-refractivity contribution in [3.8, 4) is 0 Å². The first kappa shape index (κ1) is 11.2. The van der Waals surface area contributed by atoms with Crippen LogP contribution in [-0.4, -0.2) is 14.6 Å². The number of benzene rings is 1. The quantitative estimate of drug-likeness (QED) is 0.705. The molecular formula is C14H12ClN3. The molecule has 0 aliphatic rings. The first-order valence-electron chi connectivity index (χ1n) is 5.78. The van der Waals surface area contributed by atoms with Crippen molar-refractivity contribution in [1.29, 1.82) is 0 Å². The van der Waals surface area contributed by atoms with Crippen LogP contribution in [-0.2, 0) is 6.42 Å². The average Bonchev–Trinajstić information content (AvgIpc) is 2.76. The van der Waals surface area contributed by atoms with Crippen LogP contribution in [0.15, 0.2) is 42.6 Å². The van der Waals surface area contributed by atoms with Gasteiger partial charge in [0.15, 0.2) is 11.5 Å². The molecule has 3 aromatic rings. The van der Waals surface area contributed by atoms with Gasteiger partial charge in [0.2, 0.25) is 0 Å². The maximum atomic E-state index is 6.08. The number of fused-ring (bicyclic) bond motifs is 1. The third kappa shape index (κ3) is 1.97. The summed E-state index contributed by atoms with van der Waals surface area (Å²) in [6.45, 7) is 2.10. The lowest BCUT2D eigenvalue weighted by Crippen LogP contribution is -1.94. The average molecular weight is 258 g/mol. The van der Waals surface area contributed by atoms with Gasteiger partial charge in [0.05, 0.1) is 5.02 Å². The Bertz CT molecular complexity index is 703. The Kier molecular flexibility index (Phi) is 2.76. The van der Waals surface area contributed by atoms with Crippen LogP contribution >= 0.6 is 11.6 Å². The molecule has 1 aromatic carbocycles. The van der Waals surface area contributed by atoms with Crippen molar-refractivity contribution in [2.45, 2.75) is 13.3 Å². The minimum absolute atomic E-state index is 0.626. The van der Waals surface area contributed by atoms with E-state index in [9.17, 15) is 0 Å². The Morgan fingerprint density at radius 1 is 1.17 bits per heavy atom. The van der Waals surface area contributed by atoms with Gasteiger partial charge in [0.1, 0.15) is 0 Å². The van der Waals surface area contributed by atoms with Crippen molar-refractivity contribution in [2.75, 3.05) is 0 Å². The zero-order valence-electron chi connectivity index (χ0n) is 9.97. The summed E-state index contributed by atoms with van der Waals surface area (Å²) in [5.74, 6) is 0.789. The molecule has 0 unspecified atom stereocenters. The zero-order valence-corrected chi connectivity index (χ0v) is 10.7. The van der Waals surface area contributed by atoms with Crippen LogP contribution < -0.4 is 0 Å². The molecule has 2 aromatic heterocycles. The molecule has 0 N–H and O–H groups in total. The second kappa shape index (κ2) is 4.42. The summed E-state index contributed by atoms with van der Waals surface area (Å²) < 4.78 is 1.72. The Balaban J connectivity index is 2.01. The van der Waals surface area contributed by atoms with Crippen molar-refractivity contribution in [3.05, 3.63) is 64.6 Å². The van der Waals surface area contributed by atoms with Gasteiger partial charge in [-0.15, -0.1) is 0 Å². The molecule has 18 heavy (non-hydrogen) atoms. The van der Waals surface area contributed by atoms with Crippen LogP contribution in [0.25, 0.3) is 5.65 Å². The van der Waals surface area contributed by atoms with E-state index in [4.69, 9.17) is 11.6 Å². The van der Waals surface area contributed by atoms with Crippen molar-refractivity contribution >= 4 is 17.2 Å². The highest BCUT2D eigenvalue weighted by molar-refractivity contribution is 6.33. The predicted octanol–water partition coefficient (Wildman–Crippen LogP) is 3.28. The van der Waals surface area contributed by atoms with Crippen molar-refractivity contribution in [1.82, 2.24) is 14.6 Å². The van der Waals surface area contributed by atoms with Gasteiger partial charge in [0, 0.05) is 12.6 Å². The van der Waals surface area contributed by atoms with E-state index < -0.39 is 0 Å². The van der Waals surface area contributed by atoms with Gasteiger partial charge >= 0.3 is 0 Å². The number of halogens is 1. The first-order valence-corrected chi connectivity index (χ1v) is 6.16. The van der Waals surface area contributed by atoms with Crippen LogP contribution in [0.4, 0.5) is 0 Å². The molecule has 4 heteroatoms. The lowest BCUT2D eigenvalue weighted by molar-refractivity contribution is 0.897. The van der Waals surface area contributed by atoms with Gasteiger partial charge in [-0.05, 0) is 30.2 Å². The summed E-state index contributed by atoms with van der Waals surface area (Å²) in [5, 5.41) is 5.06. The highest BCUT2D eigenvalue weighted by Gasteiger charge is 2.08. The third-order valence-corrected chi connectivity index (χ3v) is 3.26. The van der Waals surface area contributed by atoms with E-state index >= 15 is 0 Å². The van der Waals surface area contributed by atoms with E-state index in [0.29, 0.717) is 10.7 Å². The maximum Gasteiger partial charge on any atom is 0.174 e. The fourth-order valence-corrected chi connectivity index (χ4v) is 2.17. The first-order chi connectivity index (χ1) is 8.74. The van der Waals surface area contributed by atoms with E-state index in [0.717, 1.165) is 12.2 Å². The van der Waals surface area contributed by atoms with Gasteiger partial charge in [-0.3, -0.25) is 0 Å². The number of aromatic nitrogens is 3. The molecule has 0 aliphatic heterocycles. The third-order valence-electron chi connectivity index (χ3n) is 2.97. The summed E-state index contributed by atoms with van der Waals surface area (Å²) in [6, 6.07) is 11.9. The van der Waals surface area contributed by atoms with E-state index in [1.54, 1.807) is 4.52 Å². The summed E-state index contributed by atoms with van der Waals surface area (Å²) in [4.78, 5) is 4.47. The van der Waals surface area contributed by atoms with Gasteiger partial charge < -0.3 is 0 Å². The van der Waals surface area contributed by atoms with Crippen LogP contribution in [0.3, 0.4) is 0 Å². The Labute approximate surface area is 110 Å². The van der Waals surface area contributed by atoms with Crippen molar-refractivity contribution in [2.24, 2.45) is 0 Å². The second-order valence-corrected chi connectivity index (χ2v) is 4.66. The Hall–Kier alpha value is -1.87. The smallest absolute Gasteiger partial charge is 0.174 e. The summed E-state index contributed by atoms with van der Waals surface area (Å²) in [5.41, 5.74) is 3.20. The maximum absolute atomic E-state index is 6.08. The van der Waals surface area contributed by atoms with Crippen LogP contribution in [0, 0.1) is 6.92 Å². The molecule has 0 amide bonds. The molecule has 3 rings (SSSR count). The molecule has 0 fully saturated rings. The summed E-state index contributed by atoms with van der Waals surface area (Å²) in [7, 11) is 0. The number of aryl methyl sites for hydroxylation is 1. The Morgan fingerprint density at radius 2 is 2.00 bits per heavy atom. The van der Waals surface area contributed by atoms with E-state index in [2.05, 4.69) is 29.1 Å². The molecular weight excluding hydrogens is 246 g/mol. The van der Waals surface area contributed by atoms with Crippen LogP contribution in [0.1, 0.15) is 17.0 Å². The lowest BCUT2D eigenvalue weighted by atomic mass is 10.1.